The van der Waals surface area contributed by atoms with Gasteiger partial charge in [0.15, 0.2) is 0 Å². The quantitative estimate of drug-likeness (QED) is 0.418. The summed E-state index contributed by atoms with van der Waals surface area (Å²) in [5.74, 6) is -3.09. The molecule has 3 aliphatic carbocycles. The summed E-state index contributed by atoms with van der Waals surface area (Å²) in [7, 11) is -0.650. The van der Waals surface area contributed by atoms with E-state index in [4.69, 9.17) is 9.47 Å². The number of benzene rings is 1. The Kier molecular flexibility index (Phi) is 8.49. The number of nitrogens with one attached hydrogen (secondary N) is 3. The van der Waals surface area contributed by atoms with E-state index < -0.39 is 56.7 Å². The van der Waals surface area contributed by atoms with Gasteiger partial charge in [-0.1, -0.05) is 24.3 Å². The number of hydrogen-bond acceptors (Lipinski definition) is 8. The molecule has 42 heavy (non-hydrogen) atoms. The van der Waals surface area contributed by atoms with Crippen LogP contribution in [0.4, 0.5) is 10.5 Å². The van der Waals surface area contributed by atoms with Crippen LogP contribution in [0.15, 0.2) is 36.4 Å². The van der Waals surface area contributed by atoms with Crippen molar-refractivity contribution < 1.29 is 37.1 Å². The van der Waals surface area contributed by atoms with Crippen LogP contribution in [-0.4, -0.2) is 74.7 Å². The molecule has 0 aromatic heterocycles. The molecule has 3 fully saturated rings. The second-order valence-electron chi connectivity index (χ2n) is 11.7. The number of amides is 4. The van der Waals surface area contributed by atoms with E-state index in [0.717, 1.165) is 19.3 Å². The molecule has 13 heteroatoms. The number of methoxy groups -OCH3 is 1. The van der Waals surface area contributed by atoms with Crippen LogP contribution in [0.5, 0.6) is 5.75 Å². The summed E-state index contributed by atoms with van der Waals surface area (Å²) in [6.45, 7) is 0.520. The van der Waals surface area contributed by atoms with Crippen molar-refractivity contribution in [2.45, 2.75) is 68.3 Å². The second-order valence-corrected chi connectivity index (χ2v) is 13.6. The molecule has 1 heterocycles. The number of hydrogen-bond donors (Lipinski definition) is 3. The number of allylic oxidation sites excluding steroid dienone is 1. The molecule has 3 N–H and O–H groups in total. The van der Waals surface area contributed by atoms with Crippen LogP contribution in [0.2, 0.25) is 0 Å². The van der Waals surface area contributed by atoms with Crippen LogP contribution < -0.4 is 20.1 Å². The van der Waals surface area contributed by atoms with Gasteiger partial charge >= 0.3 is 6.09 Å². The fraction of sp³-hybridized carbons (Fsp3) is 0.586. The minimum atomic E-state index is -3.82. The molecular weight excluding hydrogens is 564 g/mol. The fourth-order valence-corrected chi connectivity index (χ4v) is 7.29. The highest BCUT2D eigenvalue weighted by Gasteiger charge is 2.62. The van der Waals surface area contributed by atoms with Crippen LogP contribution in [0.25, 0.3) is 0 Å². The highest BCUT2D eigenvalue weighted by molar-refractivity contribution is 7.91. The van der Waals surface area contributed by atoms with Gasteiger partial charge in [-0.25, -0.2) is 13.2 Å². The molecule has 228 valence electrons. The van der Waals surface area contributed by atoms with E-state index >= 15 is 0 Å². The third-order valence-corrected chi connectivity index (χ3v) is 10.4. The maximum Gasteiger partial charge on any atom is 0.412 e. The van der Waals surface area contributed by atoms with Crippen molar-refractivity contribution >= 4 is 39.5 Å². The van der Waals surface area contributed by atoms with E-state index in [1.54, 1.807) is 36.2 Å². The van der Waals surface area contributed by atoms with Crippen LogP contribution in [0.1, 0.15) is 51.4 Å². The maximum atomic E-state index is 13.8. The lowest BCUT2D eigenvalue weighted by Crippen LogP contribution is -2.54. The summed E-state index contributed by atoms with van der Waals surface area (Å²) in [5, 5.41) is 4.88. The third-order valence-electron chi connectivity index (χ3n) is 8.61. The van der Waals surface area contributed by atoms with Crippen molar-refractivity contribution in [3.05, 3.63) is 36.4 Å². The molecule has 1 aliphatic heterocycles. The maximum absolute atomic E-state index is 13.8. The van der Waals surface area contributed by atoms with Gasteiger partial charge in [0.1, 0.15) is 17.4 Å². The third kappa shape index (κ3) is 6.40. The number of anilines is 1. The minimum absolute atomic E-state index is 0.0774. The molecule has 0 unspecified atom stereocenters. The molecule has 3 saturated carbocycles. The molecule has 0 saturated heterocycles. The molecule has 5 atom stereocenters. The number of sulfonamides is 1. The molecule has 1 aromatic carbocycles. The van der Waals surface area contributed by atoms with Gasteiger partial charge in [0.2, 0.25) is 21.8 Å². The number of nitrogens with zero attached hydrogens (tertiary/aromatic N) is 1. The number of carbonyl (C=O) groups is 4. The number of carbonyl (C=O) groups excluding carboxylic acids is 4. The van der Waals surface area contributed by atoms with Crippen molar-refractivity contribution in [1.82, 2.24) is 14.9 Å². The highest BCUT2D eigenvalue weighted by atomic mass is 32.2. The van der Waals surface area contributed by atoms with E-state index in [-0.39, 0.29) is 31.1 Å². The zero-order valence-corrected chi connectivity index (χ0v) is 24.7. The molecule has 0 radical (unpaired) electrons. The van der Waals surface area contributed by atoms with E-state index in [1.165, 1.54) is 7.11 Å². The number of rotatable bonds is 6. The summed E-state index contributed by atoms with van der Waals surface area (Å²) >= 11 is 0. The number of para-hydroxylation sites is 2. The van der Waals surface area contributed by atoms with Crippen LogP contribution in [0, 0.1) is 17.8 Å². The summed E-state index contributed by atoms with van der Waals surface area (Å²) < 4.78 is 38.2. The molecule has 12 nitrogen and oxygen atoms in total. The van der Waals surface area contributed by atoms with Crippen molar-refractivity contribution in [1.29, 1.82) is 0 Å². The lowest BCUT2D eigenvalue weighted by atomic mass is 9.93. The van der Waals surface area contributed by atoms with Gasteiger partial charge in [-0.15, -0.1) is 0 Å². The van der Waals surface area contributed by atoms with Gasteiger partial charge in [0, 0.05) is 19.5 Å². The average molecular weight is 603 g/mol. The SMILES string of the molecule is COc1ccccc1NC(=O)O[C@@H]1C[C@H]2C(=O)N[C@]3(C(=O)NS(=O)(=O)C4CC4)C[C@@H]3/C=C\CCCCN(C)C(=O)[C@@H]2C1. The first-order valence-electron chi connectivity index (χ1n) is 14.4. The topological polar surface area (TPSA) is 160 Å². The van der Waals surface area contributed by atoms with Crippen molar-refractivity contribution in [2.75, 3.05) is 26.0 Å². The predicted molar refractivity (Wildman–Crippen MR) is 153 cm³/mol. The fourth-order valence-electron chi connectivity index (χ4n) is 5.93. The first-order chi connectivity index (χ1) is 20.0. The number of fused-ring (bicyclic) bond motifs is 2. The highest BCUT2D eigenvalue weighted by Crippen LogP contribution is 2.47. The summed E-state index contributed by atoms with van der Waals surface area (Å²) in [5.41, 5.74) is -1.00. The lowest BCUT2D eigenvalue weighted by Gasteiger charge is -2.26. The Balaban J connectivity index is 1.34. The molecule has 1 aromatic rings. The standard InChI is InChI=1S/C29H38N4O8S/c1-33-14-8-4-3-5-9-18-17-29(18,27(36)32-42(38,39)20-12-13-20)31-25(34)21-15-19(16-22(21)26(33)35)41-28(37)30-23-10-6-7-11-24(23)40-2/h5-7,9-11,18-22H,3-4,8,12-17H2,1-2H3,(H,30,37)(H,31,34)(H,32,36)/b9-5-/t18-,19+,21+,22+,29+/m0/s1. The molecule has 0 bridgehead atoms. The largest absolute Gasteiger partial charge is 0.495 e. The Morgan fingerprint density at radius 2 is 1.83 bits per heavy atom. The monoisotopic (exact) mass is 602 g/mol. The van der Waals surface area contributed by atoms with Gasteiger partial charge in [-0.05, 0) is 63.5 Å². The Morgan fingerprint density at radius 3 is 2.57 bits per heavy atom. The number of ether oxygens (including phenoxy) is 2. The van der Waals surface area contributed by atoms with E-state index in [0.29, 0.717) is 30.8 Å². The van der Waals surface area contributed by atoms with Crippen LogP contribution in [-0.2, 0) is 29.1 Å². The first kappa shape index (κ1) is 29.9. The normalized spacial score (nSPS) is 30.6. The summed E-state index contributed by atoms with van der Waals surface area (Å²) in [6.07, 6.45) is 6.11. The Bertz CT molecular complexity index is 1380. The van der Waals surface area contributed by atoms with E-state index in [2.05, 4.69) is 15.4 Å². The average Bonchev–Trinajstić information content (AvgIpc) is 3.87. The zero-order valence-electron chi connectivity index (χ0n) is 23.8. The molecular formula is C29H38N4O8S. The lowest BCUT2D eigenvalue weighted by molar-refractivity contribution is -0.140. The van der Waals surface area contributed by atoms with E-state index in [9.17, 15) is 27.6 Å². The second kappa shape index (κ2) is 11.9. The smallest absolute Gasteiger partial charge is 0.412 e. The minimum Gasteiger partial charge on any atom is -0.495 e. The van der Waals surface area contributed by atoms with Gasteiger partial charge in [0.25, 0.3) is 5.91 Å². The van der Waals surface area contributed by atoms with Gasteiger partial charge in [-0.3, -0.25) is 24.4 Å². The summed E-state index contributed by atoms with van der Waals surface area (Å²) in [6, 6.07) is 6.85. The van der Waals surface area contributed by atoms with Gasteiger partial charge < -0.3 is 19.7 Å². The van der Waals surface area contributed by atoms with Crippen LogP contribution >= 0.6 is 0 Å². The van der Waals surface area contributed by atoms with E-state index in [1.807, 2.05) is 12.2 Å². The van der Waals surface area contributed by atoms with Crippen molar-refractivity contribution in [2.24, 2.45) is 17.8 Å². The van der Waals surface area contributed by atoms with Gasteiger partial charge in [-0.2, -0.15) is 0 Å². The van der Waals surface area contributed by atoms with Gasteiger partial charge in [0.05, 0.1) is 29.9 Å². The Hall–Kier alpha value is -3.61. The molecule has 0 spiro atoms. The predicted octanol–water partition coefficient (Wildman–Crippen LogP) is 2.32. The molecule has 5 rings (SSSR count). The first-order valence-corrected chi connectivity index (χ1v) is 16.0. The van der Waals surface area contributed by atoms with Crippen LogP contribution in [0.3, 0.4) is 0 Å². The zero-order chi connectivity index (χ0) is 30.1. The van der Waals surface area contributed by atoms with Crippen molar-refractivity contribution in [3.8, 4) is 5.75 Å². The van der Waals surface area contributed by atoms with Crippen molar-refractivity contribution in [3.63, 3.8) is 0 Å². The summed E-state index contributed by atoms with van der Waals surface area (Å²) in [4.78, 5) is 55.0. The molecule has 4 amide bonds. The Labute approximate surface area is 245 Å². The molecule has 4 aliphatic rings. The Morgan fingerprint density at radius 1 is 1.10 bits per heavy atom.